The summed E-state index contributed by atoms with van der Waals surface area (Å²) in [5.41, 5.74) is 6.08. The van der Waals surface area contributed by atoms with E-state index in [4.69, 9.17) is 25.8 Å². The van der Waals surface area contributed by atoms with Crippen LogP contribution in [0.5, 0.6) is 11.5 Å². The summed E-state index contributed by atoms with van der Waals surface area (Å²) in [5, 5.41) is 25.2. The van der Waals surface area contributed by atoms with Crippen LogP contribution in [0.4, 0.5) is 0 Å². The van der Waals surface area contributed by atoms with Crippen molar-refractivity contribution in [2.45, 2.75) is 13.5 Å². The maximum Gasteiger partial charge on any atom is 0.300 e. The predicted molar refractivity (Wildman–Crippen MR) is 51.0 cm³/mol. The Bertz CT molecular complexity index is 308. The lowest BCUT2D eigenvalue weighted by Gasteiger charge is -1.98. The highest BCUT2D eigenvalue weighted by atomic mass is 16.4. The monoisotopic (exact) mass is 199 g/mol. The van der Waals surface area contributed by atoms with Gasteiger partial charge in [0.05, 0.1) is 0 Å². The number of carboxylic acid groups (broad SMARTS) is 1. The summed E-state index contributed by atoms with van der Waals surface area (Å²) in [5.74, 6) is -1.07. The fraction of sp³-hybridized carbons (Fsp3) is 0.222. The van der Waals surface area contributed by atoms with Gasteiger partial charge in [-0.2, -0.15) is 0 Å². The zero-order chi connectivity index (χ0) is 11.1. The van der Waals surface area contributed by atoms with Gasteiger partial charge in [-0.3, -0.25) is 4.79 Å². The van der Waals surface area contributed by atoms with Crippen molar-refractivity contribution in [3.05, 3.63) is 23.8 Å². The molecule has 0 bridgehead atoms. The molecular formula is C9H13NO4. The number of nitrogens with two attached hydrogens (primary N) is 1. The fourth-order valence-corrected chi connectivity index (χ4v) is 0.696. The van der Waals surface area contributed by atoms with Crippen molar-refractivity contribution in [1.82, 2.24) is 0 Å². The van der Waals surface area contributed by atoms with Gasteiger partial charge in [-0.25, -0.2) is 0 Å². The minimum absolute atomic E-state index is 0.114. The molecule has 0 aliphatic heterocycles. The van der Waals surface area contributed by atoms with Crippen molar-refractivity contribution in [2.24, 2.45) is 5.73 Å². The summed E-state index contributed by atoms with van der Waals surface area (Å²) in [6, 6.07) is 4.52. The van der Waals surface area contributed by atoms with Crippen LogP contribution in [0.15, 0.2) is 18.2 Å². The smallest absolute Gasteiger partial charge is 0.300 e. The number of rotatable bonds is 1. The Morgan fingerprint density at radius 3 is 2.21 bits per heavy atom. The molecule has 0 atom stereocenters. The average molecular weight is 199 g/mol. The van der Waals surface area contributed by atoms with Gasteiger partial charge in [-0.05, 0) is 17.7 Å². The quantitative estimate of drug-likeness (QED) is 0.497. The second-order valence-electron chi connectivity index (χ2n) is 2.55. The van der Waals surface area contributed by atoms with E-state index in [1.165, 1.54) is 12.1 Å². The summed E-state index contributed by atoms with van der Waals surface area (Å²) in [6.45, 7) is 1.45. The van der Waals surface area contributed by atoms with Gasteiger partial charge in [-0.1, -0.05) is 6.07 Å². The Morgan fingerprint density at radius 2 is 1.86 bits per heavy atom. The second kappa shape index (κ2) is 5.82. The van der Waals surface area contributed by atoms with Gasteiger partial charge in [0.25, 0.3) is 5.97 Å². The highest BCUT2D eigenvalue weighted by Gasteiger charge is 1.97. The molecule has 5 nitrogen and oxygen atoms in total. The van der Waals surface area contributed by atoms with E-state index in [1.54, 1.807) is 6.07 Å². The van der Waals surface area contributed by atoms with E-state index in [0.29, 0.717) is 6.54 Å². The Labute approximate surface area is 81.4 Å². The standard InChI is InChI=1S/C7H9NO2.C2H4O2/c8-4-5-1-2-6(9)7(10)3-5;1-2(3)4/h1-3,9-10H,4,8H2;1H3,(H,3,4). The molecule has 0 saturated heterocycles. The summed E-state index contributed by atoms with van der Waals surface area (Å²) < 4.78 is 0. The number of phenolic OH excluding ortho intramolecular Hbond substituents is 2. The first kappa shape index (κ1) is 12.2. The largest absolute Gasteiger partial charge is 0.504 e. The Hall–Kier alpha value is -1.75. The molecule has 78 valence electrons. The lowest BCUT2D eigenvalue weighted by atomic mass is 10.2. The molecule has 5 heteroatoms. The van der Waals surface area contributed by atoms with Gasteiger partial charge in [-0.15, -0.1) is 0 Å². The Balaban J connectivity index is 0.000000364. The van der Waals surface area contributed by atoms with Crippen molar-refractivity contribution in [1.29, 1.82) is 0 Å². The van der Waals surface area contributed by atoms with Crippen molar-refractivity contribution < 1.29 is 20.1 Å². The maximum atomic E-state index is 9.00. The summed E-state index contributed by atoms with van der Waals surface area (Å²) in [4.78, 5) is 9.00. The topological polar surface area (TPSA) is 104 Å². The van der Waals surface area contributed by atoms with E-state index in [2.05, 4.69) is 0 Å². The molecule has 0 unspecified atom stereocenters. The number of carboxylic acids is 1. The third kappa shape index (κ3) is 5.00. The SMILES string of the molecule is CC(=O)O.NCc1ccc(O)c(O)c1. The molecule has 0 fully saturated rings. The van der Waals surface area contributed by atoms with Crippen LogP contribution in [0.25, 0.3) is 0 Å². The van der Waals surface area contributed by atoms with Crippen molar-refractivity contribution in [3.8, 4) is 11.5 Å². The normalized spacial score (nSPS) is 8.71. The Kier molecular flexibility index (Phi) is 5.09. The van der Waals surface area contributed by atoms with E-state index < -0.39 is 5.97 Å². The van der Waals surface area contributed by atoms with Gasteiger partial charge in [0, 0.05) is 13.5 Å². The molecule has 0 aliphatic rings. The minimum Gasteiger partial charge on any atom is -0.504 e. The summed E-state index contributed by atoms with van der Waals surface area (Å²) in [6.07, 6.45) is 0. The molecule has 14 heavy (non-hydrogen) atoms. The van der Waals surface area contributed by atoms with Crippen LogP contribution >= 0.6 is 0 Å². The average Bonchev–Trinajstić information content (AvgIpc) is 2.09. The van der Waals surface area contributed by atoms with Crippen LogP contribution in [-0.4, -0.2) is 21.3 Å². The number of hydrogen-bond donors (Lipinski definition) is 4. The zero-order valence-electron chi connectivity index (χ0n) is 7.77. The van der Waals surface area contributed by atoms with Crippen LogP contribution in [0, 0.1) is 0 Å². The van der Waals surface area contributed by atoms with Crippen molar-refractivity contribution in [3.63, 3.8) is 0 Å². The number of benzene rings is 1. The van der Waals surface area contributed by atoms with Crippen LogP contribution in [-0.2, 0) is 11.3 Å². The lowest BCUT2D eigenvalue weighted by Crippen LogP contribution is -1.94. The molecular weight excluding hydrogens is 186 g/mol. The first-order valence-electron chi connectivity index (χ1n) is 3.87. The highest BCUT2D eigenvalue weighted by Crippen LogP contribution is 2.24. The van der Waals surface area contributed by atoms with E-state index in [1.807, 2.05) is 0 Å². The highest BCUT2D eigenvalue weighted by molar-refractivity contribution is 5.62. The fourth-order valence-electron chi connectivity index (χ4n) is 0.696. The van der Waals surface area contributed by atoms with Crippen LogP contribution in [0.2, 0.25) is 0 Å². The van der Waals surface area contributed by atoms with E-state index in [-0.39, 0.29) is 11.5 Å². The number of carbonyl (C=O) groups is 1. The molecule has 0 amide bonds. The van der Waals surface area contributed by atoms with E-state index in [0.717, 1.165) is 12.5 Å². The van der Waals surface area contributed by atoms with Crippen molar-refractivity contribution in [2.75, 3.05) is 0 Å². The number of aliphatic carboxylic acids is 1. The molecule has 0 aromatic heterocycles. The first-order valence-corrected chi connectivity index (χ1v) is 3.87. The number of aromatic hydroxyl groups is 2. The second-order valence-corrected chi connectivity index (χ2v) is 2.55. The molecule has 0 aliphatic carbocycles. The predicted octanol–water partition coefficient (Wildman–Crippen LogP) is 0.647. The molecule has 0 spiro atoms. The third-order valence-electron chi connectivity index (χ3n) is 1.28. The Morgan fingerprint density at radius 1 is 1.36 bits per heavy atom. The molecule has 1 aromatic rings. The summed E-state index contributed by atoms with van der Waals surface area (Å²) >= 11 is 0. The van der Waals surface area contributed by atoms with E-state index >= 15 is 0 Å². The van der Waals surface area contributed by atoms with Gasteiger partial charge in [0.15, 0.2) is 11.5 Å². The molecule has 0 saturated carbocycles. The lowest BCUT2D eigenvalue weighted by molar-refractivity contribution is -0.134. The third-order valence-corrected chi connectivity index (χ3v) is 1.28. The molecule has 0 heterocycles. The van der Waals surface area contributed by atoms with Crippen LogP contribution < -0.4 is 5.73 Å². The van der Waals surface area contributed by atoms with Gasteiger partial charge in [0.1, 0.15) is 0 Å². The van der Waals surface area contributed by atoms with Gasteiger partial charge < -0.3 is 21.1 Å². The number of hydrogen-bond acceptors (Lipinski definition) is 4. The van der Waals surface area contributed by atoms with E-state index in [9.17, 15) is 0 Å². The first-order chi connectivity index (χ1) is 6.47. The maximum absolute atomic E-state index is 9.00. The summed E-state index contributed by atoms with van der Waals surface area (Å²) in [7, 11) is 0. The van der Waals surface area contributed by atoms with Crippen LogP contribution in [0.1, 0.15) is 12.5 Å². The number of phenols is 2. The molecule has 1 rings (SSSR count). The van der Waals surface area contributed by atoms with Crippen molar-refractivity contribution >= 4 is 5.97 Å². The molecule has 5 N–H and O–H groups in total. The minimum atomic E-state index is -0.833. The van der Waals surface area contributed by atoms with Gasteiger partial charge in [0.2, 0.25) is 0 Å². The molecule has 1 aromatic carbocycles. The zero-order valence-corrected chi connectivity index (χ0v) is 7.77. The van der Waals surface area contributed by atoms with Crippen LogP contribution in [0.3, 0.4) is 0 Å². The molecule has 0 radical (unpaired) electrons. The van der Waals surface area contributed by atoms with Gasteiger partial charge >= 0.3 is 0 Å².